The molecule has 1 aliphatic rings. The number of hydrogen-bond acceptors (Lipinski definition) is 4. The normalized spacial score (nSPS) is 14.2. The highest BCUT2D eigenvalue weighted by Crippen LogP contribution is 2.16. The Hall–Kier alpha value is -3.42. The number of carbonyl (C=O) groups excluding carboxylic acids is 1. The van der Waals surface area contributed by atoms with Gasteiger partial charge in [-0.05, 0) is 36.8 Å². The first-order valence-corrected chi connectivity index (χ1v) is 10.1. The van der Waals surface area contributed by atoms with Crippen molar-refractivity contribution in [3.05, 3.63) is 70.3 Å². The molecule has 1 saturated heterocycles. The molecule has 8 heteroatoms. The predicted molar refractivity (Wildman–Crippen MR) is 114 cm³/mol. The summed E-state index contributed by atoms with van der Waals surface area (Å²) in [5, 5.41) is 2.86. The van der Waals surface area contributed by atoms with Gasteiger partial charge in [-0.15, -0.1) is 0 Å². The second-order valence-electron chi connectivity index (χ2n) is 7.23. The molecule has 2 heterocycles. The molecule has 0 spiro atoms. The third kappa shape index (κ3) is 3.98. The summed E-state index contributed by atoms with van der Waals surface area (Å²) in [7, 11) is 0. The number of fused-ring (bicyclic) bond motifs is 1. The number of carbonyl (C=O) groups is 1. The highest BCUT2D eigenvalue weighted by atomic mass is 19.1. The summed E-state index contributed by atoms with van der Waals surface area (Å²) in [6.45, 7) is 4.92. The van der Waals surface area contributed by atoms with Gasteiger partial charge in [-0.3, -0.25) is 4.79 Å². The molecular weight excluding hydrogens is 385 g/mol. The number of rotatable bonds is 4. The van der Waals surface area contributed by atoms with Gasteiger partial charge in [0.05, 0.1) is 11.0 Å². The van der Waals surface area contributed by atoms with E-state index in [4.69, 9.17) is 0 Å². The van der Waals surface area contributed by atoms with Crippen LogP contribution >= 0.6 is 0 Å². The number of piperazine rings is 1. The molecule has 7 nitrogen and oxygen atoms in total. The van der Waals surface area contributed by atoms with Crippen molar-refractivity contribution in [1.29, 1.82) is 0 Å². The van der Waals surface area contributed by atoms with Crippen LogP contribution in [0.1, 0.15) is 12.5 Å². The van der Waals surface area contributed by atoms with Crippen LogP contribution in [0.4, 0.5) is 15.0 Å². The number of para-hydroxylation sites is 2. The molecule has 0 aliphatic carbocycles. The Morgan fingerprint density at radius 2 is 1.77 bits per heavy atom. The number of urea groups is 1. The van der Waals surface area contributed by atoms with E-state index in [0.717, 1.165) is 16.6 Å². The molecular formula is C22H24FN5O2. The summed E-state index contributed by atoms with van der Waals surface area (Å²) >= 11 is 0. The molecule has 156 valence electrons. The van der Waals surface area contributed by atoms with Gasteiger partial charge in [-0.25, -0.2) is 14.2 Å². The zero-order valence-electron chi connectivity index (χ0n) is 16.8. The Morgan fingerprint density at radius 1 is 1.07 bits per heavy atom. The van der Waals surface area contributed by atoms with Crippen LogP contribution < -0.4 is 15.8 Å². The van der Waals surface area contributed by atoms with E-state index < -0.39 is 0 Å². The van der Waals surface area contributed by atoms with E-state index in [-0.39, 0.29) is 17.4 Å². The van der Waals surface area contributed by atoms with Crippen LogP contribution in [0.5, 0.6) is 0 Å². The van der Waals surface area contributed by atoms with E-state index in [1.54, 1.807) is 21.6 Å². The summed E-state index contributed by atoms with van der Waals surface area (Å²) < 4.78 is 14.7. The van der Waals surface area contributed by atoms with Crippen LogP contribution in [0.15, 0.2) is 53.3 Å². The number of aromatic nitrogens is 2. The first-order valence-electron chi connectivity index (χ1n) is 10.1. The monoisotopic (exact) mass is 409 g/mol. The van der Waals surface area contributed by atoms with E-state index >= 15 is 0 Å². The van der Waals surface area contributed by atoms with Gasteiger partial charge in [0.1, 0.15) is 5.82 Å². The van der Waals surface area contributed by atoms with Crippen molar-refractivity contribution in [1.82, 2.24) is 19.8 Å². The van der Waals surface area contributed by atoms with Gasteiger partial charge in [-0.1, -0.05) is 24.3 Å². The summed E-state index contributed by atoms with van der Waals surface area (Å²) in [4.78, 5) is 33.7. The minimum Gasteiger partial charge on any atom is -0.348 e. The molecule has 2 aromatic carbocycles. The van der Waals surface area contributed by atoms with Gasteiger partial charge in [0.25, 0.3) is 5.56 Å². The summed E-state index contributed by atoms with van der Waals surface area (Å²) in [5.74, 6) is 0.132. The van der Waals surface area contributed by atoms with Crippen molar-refractivity contribution in [3.63, 3.8) is 0 Å². The van der Waals surface area contributed by atoms with Crippen molar-refractivity contribution in [3.8, 4) is 0 Å². The van der Waals surface area contributed by atoms with Crippen molar-refractivity contribution < 1.29 is 9.18 Å². The molecule has 1 N–H and O–H groups in total. The third-order valence-electron chi connectivity index (χ3n) is 5.37. The third-order valence-corrected chi connectivity index (χ3v) is 5.37. The van der Waals surface area contributed by atoms with Crippen LogP contribution in [0.2, 0.25) is 0 Å². The van der Waals surface area contributed by atoms with Gasteiger partial charge in [-0.2, -0.15) is 0 Å². The van der Waals surface area contributed by atoms with E-state index in [1.165, 1.54) is 12.1 Å². The van der Waals surface area contributed by atoms with Gasteiger partial charge in [0, 0.05) is 39.3 Å². The Labute approximate surface area is 173 Å². The number of nitrogens with zero attached hydrogens (tertiary/aromatic N) is 4. The van der Waals surface area contributed by atoms with E-state index in [2.05, 4.69) is 10.3 Å². The fourth-order valence-electron chi connectivity index (χ4n) is 3.71. The lowest BCUT2D eigenvalue weighted by Crippen LogP contribution is -2.53. The molecule has 4 rings (SSSR count). The van der Waals surface area contributed by atoms with Crippen LogP contribution in [0, 0.1) is 5.82 Å². The average Bonchev–Trinajstić information content (AvgIpc) is 2.78. The van der Waals surface area contributed by atoms with Crippen molar-refractivity contribution in [2.75, 3.05) is 31.1 Å². The molecule has 0 radical (unpaired) electrons. The Bertz CT molecular complexity index is 1100. The number of benzene rings is 2. The number of amides is 2. The van der Waals surface area contributed by atoms with Gasteiger partial charge in [0.2, 0.25) is 0 Å². The molecule has 0 atom stereocenters. The summed E-state index contributed by atoms with van der Waals surface area (Å²) in [6, 6.07) is 13.5. The standard InChI is InChI=1S/C22H24FN5O2/c1-2-28-19-6-4-3-5-18(19)25-20(21(28)29)26-11-13-27(14-12-26)22(30)24-15-16-7-9-17(23)10-8-16/h3-10H,2,11-15H2,1H3,(H,24,30). The number of aryl methyl sites for hydroxylation is 1. The number of hydrogen-bond donors (Lipinski definition) is 1. The first-order chi connectivity index (χ1) is 14.6. The molecule has 0 saturated carbocycles. The zero-order chi connectivity index (χ0) is 21.1. The van der Waals surface area contributed by atoms with E-state index in [9.17, 15) is 14.0 Å². The maximum atomic E-state index is 13.0. The maximum absolute atomic E-state index is 13.0. The van der Waals surface area contributed by atoms with Gasteiger partial charge >= 0.3 is 6.03 Å². The first kappa shape index (κ1) is 19.9. The fourth-order valence-corrected chi connectivity index (χ4v) is 3.71. The second kappa shape index (κ2) is 8.52. The van der Waals surface area contributed by atoms with Crippen molar-refractivity contribution in [2.45, 2.75) is 20.0 Å². The molecule has 0 bridgehead atoms. The van der Waals surface area contributed by atoms with Crippen molar-refractivity contribution in [2.24, 2.45) is 0 Å². The largest absolute Gasteiger partial charge is 0.348 e. The Kier molecular flexibility index (Phi) is 5.65. The smallest absolute Gasteiger partial charge is 0.317 e. The number of halogens is 1. The molecule has 0 unspecified atom stereocenters. The molecule has 1 aromatic heterocycles. The van der Waals surface area contributed by atoms with Crippen LogP contribution in [0.25, 0.3) is 11.0 Å². The molecule has 30 heavy (non-hydrogen) atoms. The quantitative estimate of drug-likeness (QED) is 0.719. The Morgan fingerprint density at radius 3 is 2.47 bits per heavy atom. The molecule has 1 fully saturated rings. The summed E-state index contributed by atoms with van der Waals surface area (Å²) in [6.07, 6.45) is 0. The highest BCUT2D eigenvalue weighted by Gasteiger charge is 2.24. The minimum atomic E-state index is -0.300. The predicted octanol–water partition coefficient (Wildman–Crippen LogP) is 2.59. The van der Waals surface area contributed by atoms with E-state index in [0.29, 0.717) is 45.1 Å². The van der Waals surface area contributed by atoms with Crippen LogP contribution in [0.3, 0.4) is 0 Å². The summed E-state index contributed by atoms with van der Waals surface area (Å²) in [5.41, 5.74) is 2.34. The van der Waals surface area contributed by atoms with E-state index in [1.807, 2.05) is 36.1 Å². The molecule has 1 aliphatic heterocycles. The lowest BCUT2D eigenvalue weighted by Gasteiger charge is -2.35. The van der Waals surface area contributed by atoms with Crippen LogP contribution in [-0.2, 0) is 13.1 Å². The van der Waals surface area contributed by atoms with Gasteiger partial charge < -0.3 is 19.7 Å². The number of anilines is 1. The van der Waals surface area contributed by atoms with Crippen LogP contribution in [-0.4, -0.2) is 46.7 Å². The van der Waals surface area contributed by atoms with Gasteiger partial charge in [0.15, 0.2) is 5.82 Å². The molecule has 2 amide bonds. The second-order valence-corrected chi connectivity index (χ2v) is 7.23. The lowest BCUT2D eigenvalue weighted by atomic mass is 10.2. The highest BCUT2D eigenvalue weighted by molar-refractivity contribution is 5.77. The SMILES string of the molecule is CCn1c(=O)c(N2CCN(C(=O)NCc3ccc(F)cc3)CC2)nc2ccccc21. The zero-order valence-corrected chi connectivity index (χ0v) is 16.8. The minimum absolute atomic E-state index is 0.106. The maximum Gasteiger partial charge on any atom is 0.317 e. The fraction of sp³-hybridized carbons (Fsp3) is 0.318. The average molecular weight is 409 g/mol. The topological polar surface area (TPSA) is 70.5 Å². The Balaban J connectivity index is 1.42. The number of nitrogens with one attached hydrogen (secondary N) is 1. The molecule has 3 aromatic rings. The lowest BCUT2D eigenvalue weighted by molar-refractivity contribution is 0.193. The van der Waals surface area contributed by atoms with Crippen molar-refractivity contribution >= 4 is 22.9 Å².